The molecule has 0 spiro atoms. The van der Waals surface area contributed by atoms with E-state index in [9.17, 15) is 14.4 Å². The molecular formula is C25H28N2O5. The molecule has 1 N–H and O–H groups in total. The summed E-state index contributed by atoms with van der Waals surface area (Å²) in [5.41, 5.74) is 5.70. The molecule has 0 bridgehead atoms. The van der Waals surface area contributed by atoms with E-state index in [-0.39, 0.29) is 23.6 Å². The summed E-state index contributed by atoms with van der Waals surface area (Å²) >= 11 is 0. The monoisotopic (exact) mass is 436 g/mol. The summed E-state index contributed by atoms with van der Waals surface area (Å²) in [5.74, 6) is -1.49. The Kier molecular flexibility index (Phi) is 6.67. The van der Waals surface area contributed by atoms with Crippen LogP contribution in [0.25, 0.3) is 5.69 Å². The molecule has 0 radical (unpaired) electrons. The van der Waals surface area contributed by atoms with Crippen LogP contribution in [-0.4, -0.2) is 40.5 Å². The van der Waals surface area contributed by atoms with Gasteiger partial charge in [0.25, 0.3) is 0 Å². The third-order valence-corrected chi connectivity index (χ3v) is 5.48. The first-order valence-corrected chi connectivity index (χ1v) is 10.5. The molecule has 3 rings (SSSR count). The fourth-order valence-electron chi connectivity index (χ4n) is 3.88. The number of aryl methyl sites for hydroxylation is 3. The lowest BCUT2D eigenvalue weighted by atomic mass is 10.1. The van der Waals surface area contributed by atoms with Crippen LogP contribution in [0.2, 0.25) is 0 Å². The number of ketones is 1. The number of hydrogen-bond donors (Lipinski definition) is 1. The van der Waals surface area contributed by atoms with Gasteiger partial charge in [0.2, 0.25) is 5.78 Å². The van der Waals surface area contributed by atoms with Crippen molar-refractivity contribution in [1.29, 1.82) is 0 Å². The average molecular weight is 437 g/mol. The summed E-state index contributed by atoms with van der Waals surface area (Å²) < 4.78 is 12.3. The van der Waals surface area contributed by atoms with Crippen molar-refractivity contribution in [3.05, 3.63) is 75.4 Å². The standard InChI is InChI=1S/C25H28N2O5/c1-7-31-25(30)23-16(4)22(17(5)26-23)24(29)32-13-21(28)20-12-15(3)27(18(20)6)19-10-8-14(2)9-11-19/h8-12,26H,7,13H2,1-6H3. The highest BCUT2D eigenvalue weighted by Gasteiger charge is 2.25. The summed E-state index contributed by atoms with van der Waals surface area (Å²) in [5, 5.41) is 0. The number of Topliss-reactive ketones (excluding diaryl/α,β-unsaturated/α-hetero) is 1. The van der Waals surface area contributed by atoms with Gasteiger partial charge in [-0.1, -0.05) is 17.7 Å². The predicted octanol–water partition coefficient (Wildman–Crippen LogP) is 4.56. The van der Waals surface area contributed by atoms with Crippen LogP contribution in [0.1, 0.15) is 66.3 Å². The number of H-pyrrole nitrogens is 1. The van der Waals surface area contributed by atoms with Gasteiger partial charge in [0.1, 0.15) is 5.69 Å². The SMILES string of the molecule is CCOC(=O)c1[nH]c(C)c(C(=O)OCC(=O)c2cc(C)n(-c3ccc(C)cc3)c2C)c1C. The van der Waals surface area contributed by atoms with Crippen molar-refractivity contribution < 1.29 is 23.9 Å². The van der Waals surface area contributed by atoms with Crippen LogP contribution >= 0.6 is 0 Å². The Bertz CT molecular complexity index is 1180. The fourth-order valence-corrected chi connectivity index (χ4v) is 3.88. The topological polar surface area (TPSA) is 90.4 Å². The molecule has 3 aromatic rings. The van der Waals surface area contributed by atoms with Gasteiger partial charge in [-0.25, -0.2) is 9.59 Å². The molecule has 7 nitrogen and oxygen atoms in total. The molecule has 0 amide bonds. The first kappa shape index (κ1) is 23.1. The van der Waals surface area contributed by atoms with E-state index in [0.29, 0.717) is 16.8 Å². The Morgan fingerprint density at radius 3 is 2.22 bits per heavy atom. The molecule has 1 aromatic carbocycles. The van der Waals surface area contributed by atoms with E-state index in [2.05, 4.69) is 4.98 Å². The number of hydrogen-bond acceptors (Lipinski definition) is 5. The van der Waals surface area contributed by atoms with Crippen molar-refractivity contribution in [1.82, 2.24) is 9.55 Å². The number of aromatic nitrogens is 2. The first-order valence-electron chi connectivity index (χ1n) is 10.5. The number of carbonyl (C=O) groups is 3. The highest BCUT2D eigenvalue weighted by Crippen LogP contribution is 2.23. The van der Waals surface area contributed by atoms with Gasteiger partial charge in [0, 0.05) is 28.3 Å². The highest BCUT2D eigenvalue weighted by atomic mass is 16.5. The van der Waals surface area contributed by atoms with Crippen LogP contribution in [0.4, 0.5) is 0 Å². The Hall–Kier alpha value is -3.61. The molecule has 168 valence electrons. The lowest BCUT2D eigenvalue weighted by Gasteiger charge is -2.10. The van der Waals surface area contributed by atoms with E-state index in [4.69, 9.17) is 9.47 Å². The summed E-state index contributed by atoms with van der Waals surface area (Å²) in [4.78, 5) is 40.4. The van der Waals surface area contributed by atoms with Gasteiger partial charge in [-0.15, -0.1) is 0 Å². The number of carbonyl (C=O) groups excluding carboxylic acids is 3. The smallest absolute Gasteiger partial charge is 0.355 e. The van der Waals surface area contributed by atoms with E-state index < -0.39 is 18.5 Å². The van der Waals surface area contributed by atoms with Gasteiger partial charge in [-0.3, -0.25) is 4.79 Å². The second kappa shape index (κ2) is 9.26. The molecule has 2 aromatic heterocycles. The summed E-state index contributed by atoms with van der Waals surface area (Å²) in [6.07, 6.45) is 0. The molecule has 7 heteroatoms. The van der Waals surface area contributed by atoms with Gasteiger partial charge in [0.15, 0.2) is 6.61 Å². The molecule has 0 aliphatic carbocycles. The van der Waals surface area contributed by atoms with Crippen LogP contribution in [0.15, 0.2) is 30.3 Å². The van der Waals surface area contributed by atoms with Crippen LogP contribution in [0.5, 0.6) is 0 Å². The maximum atomic E-state index is 12.8. The average Bonchev–Trinajstić information content (AvgIpc) is 3.21. The largest absolute Gasteiger partial charge is 0.461 e. The minimum absolute atomic E-state index is 0.212. The van der Waals surface area contributed by atoms with Crippen molar-refractivity contribution >= 4 is 17.7 Å². The molecular weight excluding hydrogens is 408 g/mol. The van der Waals surface area contributed by atoms with Crippen molar-refractivity contribution in [3.8, 4) is 5.69 Å². The van der Waals surface area contributed by atoms with Crippen LogP contribution in [-0.2, 0) is 9.47 Å². The number of nitrogens with zero attached hydrogens (tertiary/aromatic N) is 1. The number of ether oxygens (including phenoxy) is 2. The molecule has 32 heavy (non-hydrogen) atoms. The van der Waals surface area contributed by atoms with E-state index in [1.54, 1.807) is 26.8 Å². The van der Waals surface area contributed by atoms with Crippen molar-refractivity contribution in [2.75, 3.05) is 13.2 Å². The molecule has 0 saturated carbocycles. The van der Waals surface area contributed by atoms with Gasteiger partial charge in [0.05, 0.1) is 12.2 Å². The number of rotatable bonds is 7. The Morgan fingerprint density at radius 2 is 1.59 bits per heavy atom. The van der Waals surface area contributed by atoms with Crippen molar-refractivity contribution in [2.45, 2.75) is 41.5 Å². The predicted molar refractivity (Wildman–Crippen MR) is 121 cm³/mol. The maximum absolute atomic E-state index is 12.8. The highest BCUT2D eigenvalue weighted by molar-refractivity contribution is 6.02. The van der Waals surface area contributed by atoms with Crippen LogP contribution < -0.4 is 0 Å². The minimum atomic E-state index is -0.660. The molecule has 0 fully saturated rings. The van der Waals surface area contributed by atoms with Gasteiger partial charge >= 0.3 is 11.9 Å². The molecule has 0 aliphatic rings. The van der Waals surface area contributed by atoms with Crippen LogP contribution in [0, 0.1) is 34.6 Å². The number of esters is 2. The molecule has 0 saturated heterocycles. The Morgan fingerprint density at radius 1 is 0.938 bits per heavy atom. The second-order valence-electron chi connectivity index (χ2n) is 7.80. The van der Waals surface area contributed by atoms with E-state index in [1.165, 1.54) is 0 Å². The molecule has 2 heterocycles. The zero-order valence-corrected chi connectivity index (χ0v) is 19.3. The normalized spacial score (nSPS) is 10.8. The lowest BCUT2D eigenvalue weighted by molar-refractivity contribution is 0.0473. The van der Waals surface area contributed by atoms with Crippen molar-refractivity contribution in [3.63, 3.8) is 0 Å². The summed E-state index contributed by atoms with van der Waals surface area (Å²) in [6, 6.07) is 9.84. The summed E-state index contributed by atoms with van der Waals surface area (Å²) in [7, 11) is 0. The molecule has 0 unspecified atom stereocenters. The van der Waals surface area contributed by atoms with Gasteiger partial charge < -0.3 is 19.0 Å². The first-order chi connectivity index (χ1) is 15.1. The molecule has 0 atom stereocenters. The van der Waals surface area contributed by atoms with Gasteiger partial charge in [-0.05, 0) is 65.3 Å². The second-order valence-corrected chi connectivity index (χ2v) is 7.80. The third kappa shape index (κ3) is 4.37. The number of aromatic amines is 1. The Labute approximate surface area is 187 Å². The number of benzene rings is 1. The van der Waals surface area contributed by atoms with Crippen molar-refractivity contribution in [2.24, 2.45) is 0 Å². The quantitative estimate of drug-likeness (QED) is 0.433. The van der Waals surface area contributed by atoms with Crippen LogP contribution in [0.3, 0.4) is 0 Å². The maximum Gasteiger partial charge on any atom is 0.355 e. The minimum Gasteiger partial charge on any atom is -0.461 e. The summed E-state index contributed by atoms with van der Waals surface area (Å²) in [6.45, 7) is 10.7. The fraction of sp³-hybridized carbons (Fsp3) is 0.320. The zero-order chi connectivity index (χ0) is 23.6. The third-order valence-electron chi connectivity index (χ3n) is 5.48. The zero-order valence-electron chi connectivity index (χ0n) is 19.3. The molecule has 0 aliphatic heterocycles. The van der Waals surface area contributed by atoms with E-state index >= 15 is 0 Å². The Balaban J connectivity index is 1.77. The number of nitrogens with one attached hydrogen (secondary N) is 1. The van der Waals surface area contributed by atoms with Gasteiger partial charge in [-0.2, -0.15) is 0 Å². The lowest BCUT2D eigenvalue weighted by Crippen LogP contribution is -2.16. The van der Waals surface area contributed by atoms with E-state index in [0.717, 1.165) is 22.6 Å². The van der Waals surface area contributed by atoms with E-state index in [1.807, 2.05) is 49.6 Å².